The summed E-state index contributed by atoms with van der Waals surface area (Å²) in [6.45, 7) is 3.78. The van der Waals surface area contributed by atoms with Gasteiger partial charge in [0, 0.05) is 6.04 Å². The Kier molecular flexibility index (Phi) is 6.44. The molecule has 0 aliphatic carbocycles. The smallest absolute Gasteiger partial charge is 0.258 e. The molecular weight excluding hydrogens is 316 g/mol. The molecule has 3 N–H and O–H groups in total. The molecule has 0 fully saturated rings. The van der Waals surface area contributed by atoms with Gasteiger partial charge >= 0.3 is 0 Å². The number of nitrogens with two attached hydrogens (primary N) is 1. The first-order valence-corrected chi connectivity index (χ1v) is 8.44. The highest BCUT2D eigenvalue weighted by Gasteiger charge is 2.13. The van der Waals surface area contributed by atoms with E-state index in [1.807, 2.05) is 13.8 Å². The van der Waals surface area contributed by atoms with Crippen molar-refractivity contribution in [2.75, 3.05) is 6.61 Å². The molecule has 0 unspecified atom stereocenters. The second kappa shape index (κ2) is 7.63. The second-order valence-electron chi connectivity index (χ2n) is 4.51. The molecule has 0 atom stereocenters. The van der Waals surface area contributed by atoms with Gasteiger partial charge in [0.05, 0.1) is 9.92 Å². The lowest BCUT2D eigenvalue weighted by Gasteiger charge is -2.15. The summed E-state index contributed by atoms with van der Waals surface area (Å²) in [5.74, 6) is -0.0287. The van der Waals surface area contributed by atoms with Crippen molar-refractivity contribution in [2.24, 2.45) is 5.14 Å². The van der Waals surface area contributed by atoms with Crippen LogP contribution < -0.4 is 15.2 Å². The lowest BCUT2D eigenvalue weighted by molar-refractivity contribution is -0.123. The third-order valence-corrected chi connectivity index (χ3v) is 4.15. The maximum Gasteiger partial charge on any atom is 0.258 e. The van der Waals surface area contributed by atoms with Gasteiger partial charge in [-0.05, 0) is 31.0 Å². The van der Waals surface area contributed by atoms with E-state index in [9.17, 15) is 13.2 Å². The average molecular weight is 335 g/mol. The summed E-state index contributed by atoms with van der Waals surface area (Å²) < 4.78 is 27.6. The fourth-order valence-corrected chi connectivity index (χ4v) is 2.52. The molecule has 6 nitrogen and oxygen atoms in total. The molecule has 0 aliphatic heterocycles. The molecule has 0 aromatic heterocycles. The van der Waals surface area contributed by atoms with Crippen LogP contribution in [-0.2, 0) is 14.8 Å². The zero-order valence-corrected chi connectivity index (χ0v) is 13.5. The van der Waals surface area contributed by atoms with Gasteiger partial charge in [-0.25, -0.2) is 13.6 Å². The first-order valence-electron chi connectivity index (χ1n) is 6.52. The topological polar surface area (TPSA) is 98.5 Å². The van der Waals surface area contributed by atoms with Crippen molar-refractivity contribution in [2.45, 2.75) is 37.6 Å². The Labute approximate surface area is 129 Å². The van der Waals surface area contributed by atoms with Crippen LogP contribution in [0, 0.1) is 0 Å². The predicted molar refractivity (Wildman–Crippen MR) is 80.8 cm³/mol. The van der Waals surface area contributed by atoms with Crippen LogP contribution in [-0.4, -0.2) is 27.0 Å². The highest BCUT2D eigenvalue weighted by atomic mass is 35.5. The fourth-order valence-electron chi connectivity index (χ4n) is 1.68. The number of benzene rings is 1. The summed E-state index contributed by atoms with van der Waals surface area (Å²) in [6, 6.07) is 3.94. The van der Waals surface area contributed by atoms with Crippen molar-refractivity contribution in [3.05, 3.63) is 23.2 Å². The van der Waals surface area contributed by atoms with E-state index in [1.165, 1.54) is 18.2 Å². The van der Waals surface area contributed by atoms with Crippen molar-refractivity contribution in [3.8, 4) is 5.75 Å². The number of rotatable bonds is 7. The van der Waals surface area contributed by atoms with Crippen LogP contribution >= 0.6 is 11.6 Å². The molecule has 1 aromatic rings. The number of carbonyl (C=O) groups excluding carboxylic acids is 1. The SMILES string of the molecule is CCC(CC)NC(=O)COc1ccc(S(N)(=O)=O)cc1Cl. The van der Waals surface area contributed by atoms with E-state index in [-0.39, 0.29) is 34.2 Å². The Bertz CT molecular complexity index is 600. The monoisotopic (exact) mass is 334 g/mol. The van der Waals surface area contributed by atoms with Crippen LogP contribution in [0.4, 0.5) is 0 Å². The van der Waals surface area contributed by atoms with Gasteiger partial charge in [0.2, 0.25) is 10.0 Å². The van der Waals surface area contributed by atoms with Gasteiger partial charge in [-0.1, -0.05) is 25.4 Å². The molecule has 8 heteroatoms. The molecule has 21 heavy (non-hydrogen) atoms. The van der Waals surface area contributed by atoms with Gasteiger partial charge in [0.15, 0.2) is 6.61 Å². The largest absolute Gasteiger partial charge is 0.482 e. The van der Waals surface area contributed by atoms with Crippen molar-refractivity contribution < 1.29 is 17.9 Å². The molecule has 0 heterocycles. The number of primary sulfonamides is 1. The van der Waals surface area contributed by atoms with Crippen LogP contribution in [0.5, 0.6) is 5.75 Å². The summed E-state index contributed by atoms with van der Waals surface area (Å²) in [6.07, 6.45) is 1.68. The number of halogens is 1. The van der Waals surface area contributed by atoms with Crippen LogP contribution in [0.25, 0.3) is 0 Å². The fraction of sp³-hybridized carbons (Fsp3) is 0.462. The van der Waals surface area contributed by atoms with E-state index in [4.69, 9.17) is 21.5 Å². The zero-order valence-electron chi connectivity index (χ0n) is 11.9. The third-order valence-electron chi connectivity index (χ3n) is 2.94. The molecule has 1 rings (SSSR count). The van der Waals surface area contributed by atoms with Gasteiger partial charge in [0.1, 0.15) is 5.75 Å². The minimum absolute atomic E-state index is 0.0804. The van der Waals surface area contributed by atoms with Crippen LogP contribution in [0.3, 0.4) is 0 Å². The molecule has 118 valence electrons. The first kappa shape index (κ1) is 17.7. The van der Waals surface area contributed by atoms with E-state index in [2.05, 4.69) is 5.32 Å². The summed E-state index contributed by atoms with van der Waals surface area (Å²) in [5.41, 5.74) is 0. The van der Waals surface area contributed by atoms with Crippen molar-refractivity contribution in [3.63, 3.8) is 0 Å². The first-order chi connectivity index (χ1) is 9.77. The van der Waals surface area contributed by atoms with Crippen LogP contribution in [0.1, 0.15) is 26.7 Å². The molecule has 0 saturated carbocycles. The minimum Gasteiger partial charge on any atom is -0.482 e. The van der Waals surface area contributed by atoms with Gasteiger partial charge in [0.25, 0.3) is 5.91 Å². The Hall–Kier alpha value is -1.31. The van der Waals surface area contributed by atoms with Crippen molar-refractivity contribution in [1.29, 1.82) is 0 Å². The molecule has 1 aromatic carbocycles. The van der Waals surface area contributed by atoms with Crippen molar-refractivity contribution >= 4 is 27.5 Å². The summed E-state index contributed by atoms with van der Waals surface area (Å²) in [4.78, 5) is 11.6. The quantitative estimate of drug-likeness (QED) is 0.792. The van der Waals surface area contributed by atoms with E-state index in [0.717, 1.165) is 12.8 Å². The van der Waals surface area contributed by atoms with E-state index >= 15 is 0 Å². The van der Waals surface area contributed by atoms with Gasteiger partial charge in [-0.15, -0.1) is 0 Å². The maximum atomic E-state index is 11.7. The van der Waals surface area contributed by atoms with Gasteiger partial charge in [-0.2, -0.15) is 0 Å². The zero-order chi connectivity index (χ0) is 16.0. The summed E-state index contributed by atoms with van der Waals surface area (Å²) in [7, 11) is -3.82. The highest BCUT2D eigenvalue weighted by Crippen LogP contribution is 2.26. The van der Waals surface area contributed by atoms with Crippen LogP contribution in [0.2, 0.25) is 5.02 Å². The van der Waals surface area contributed by atoms with Crippen molar-refractivity contribution in [1.82, 2.24) is 5.32 Å². The summed E-state index contributed by atoms with van der Waals surface area (Å²) >= 11 is 5.90. The third kappa shape index (κ3) is 5.53. The maximum absolute atomic E-state index is 11.7. The Morgan fingerprint density at radius 3 is 2.48 bits per heavy atom. The summed E-state index contributed by atoms with van der Waals surface area (Å²) in [5, 5.41) is 7.89. The number of hydrogen-bond donors (Lipinski definition) is 2. The Morgan fingerprint density at radius 2 is 2.00 bits per heavy atom. The molecule has 0 spiro atoms. The minimum atomic E-state index is -3.82. The number of nitrogens with one attached hydrogen (secondary N) is 1. The van der Waals surface area contributed by atoms with Crippen LogP contribution in [0.15, 0.2) is 23.1 Å². The molecular formula is C13H19ClN2O4S. The number of amides is 1. The number of carbonyl (C=O) groups is 1. The number of ether oxygens (including phenoxy) is 1. The Balaban J connectivity index is 2.66. The normalized spacial score (nSPS) is 11.5. The number of sulfonamides is 1. The van der Waals surface area contributed by atoms with E-state index in [0.29, 0.717) is 0 Å². The highest BCUT2D eigenvalue weighted by molar-refractivity contribution is 7.89. The lowest BCUT2D eigenvalue weighted by atomic mass is 10.2. The second-order valence-corrected chi connectivity index (χ2v) is 6.48. The molecule has 1 amide bonds. The van der Waals surface area contributed by atoms with Gasteiger partial charge < -0.3 is 10.1 Å². The van der Waals surface area contributed by atoms with E-state index in [1.54, 1.807) is 0 Å². The molecule has 0 radical (unpaired) electrons. The predicted octanol–water partition coefficient (Wildman–Crippen LogP) is 1.67. The molecule has 0 bridgehead atoms. The standard InChI is InChI=1S/C13H19ClN2O4S/c1-3-9(4-2)16-13(17)8-20-12-6-5-10(7-11(12)14)21(15,18)19/h5-7,9H,3-4,8H2,1-2H3,(H,16,17)(H2,15,18,19). The molecule has 0 aliphatic rings. The van der Waals surface area contributed by atoms with E-state index < -0.39 is 10.0 Å². The van der Waals surface area contributed by atoms with Gasteiger partial charge in [-0.3, -0.25) is 4.79 Å². The molecule has 0 saturated heterocycles. The Morgan fingerprint density at radius 1 is 1.38 bits per heavy atom. The number of hydrogen-bond acceptors (Lipinski definition) is 4. The average Bonchev–Trinajstić information content (AvgIpc) is 2.42. The lowest BCUT2D eigenvalue weighted by Crippen LogP contribution is -2.37.